The highest BCUT2D eigenvalue weighted by molar-refractivity contribution is 14.1. The molecule has 0 radical (unpaired) electrons. The van der Waals surface area contributed by atoms with Crippen LogP contribution in [0.15, 0.2) is 34.0 Å². The second-order valence-corrected chi connectivity index (χ2v) is 5.54. The number of aromatic nitrogens is 2. The number of hydrogen-bond acceptors (Lipinski definition) is 2. The number of hydrogen-bond donors (Lipinski definition) is 1. The third-order valence-electron chi connectivity index (χ3n) is 2.36. The van der Waals surface area contributed by atoms with E-state index < -0.39 is 11.2 Å². The predicted octanol–water partition coefficient (Wildman–Crippen LogP) is 2.50. The number of rotatable bonds is 2. The topological polar surface area (TPSA) is 54.9 Å². The predicted molar refractivity (Wildman–Crippen MR) is 79.6 cm³/mol. The van der Waals surface area contributed by atoms with Gasteiger partial charge in [-0.25, -0.2) is 4.79 Å². The lowest BCUT2D eigenvalue weighted by atomic mass is 10.2. The first-order valence-electron chi connectivity index (χ1n) is 4.91. The molecule has 0 bridgehead atoms. The molecular weight excluding hydrogens is 390 g/mol. The molecule has 0 spiro atoms. The van der Waals surface area contributed by atoms with Crippen LogP contribution in [0.1, 0.15) is 5.56 Å². The van der Waals surface area contributed by atoms with E-state index >= 15 is 0 Å². The summed E-state index contributed by atoms with van der Waals surface area (Å²) in [7, 11) is 0. The second-order valence-electron chi connectivity index (χ2n) is 3.56. The summed E-state index contributed by atoms with van der Waals surface area (Å²) in [5.41, 5.74) is -0.246. The van der Waals surface area contributed by atoms with Crippen molar-refractivity contribution in [2.45, 2.75) is 6.54 Å². The molecule has 0 aliphatic rings. The van der Waals surface area contributed by atoms with Crippen LogP contribution in [-0.4, -0.2) is 9.55 Å². The number of H-pyrrole nitrogens is 1. The minimum atomic E-state index is -0.489. The molecule has 0 saturated carbocycles. The van der Waals surface area contributed by atoms with Gasteiger partial charge in [-0.05, 0) is 34.7 Å². The Bertz CT molecular complexity index is 689. The van der Waals surface area contributed by atoms with Gasteiger partial charge in [0.15, 0.2) is 0 Å². The van der Waals surface area contributed by atoms with E-state index in [2.05, 4.69) is 4.98 Å². The quantitative estimate of drug-likeness (QED) is 0.793. The normalized spacial score (nSPS) is 10.6. The molecule has 4 nitrogen and oxygen atoms in total. The molecule has 0 aliphatic carbocycles. The summed E-state index contributed by atoms with van der Waals surface area (Å²) in [6, 6.07) is 5.13. The molecule has 1 aromatic carbocycles. The summed E-state index contributed by atoms with van der Waals surface area (Å²) in [5.74, 6) is 0. The SMILES string of the molecule is O=c1[nH]c(=O)n(Cc2c(Cl)cccc2Cl)cc1I. The maximum absolute atomic E-state index is 11.6. The van der Waals surface area contributed by atoms with Gasteiger partial charge in [-0.2, -0.15) is 0 Å². The molecule has 0 atom stereocenters. The van der Waals surface area contributed by atoms with Crippen LogP contribution in [0.3, 0.4) is 0 Å². The lowest BCUT2D eigenvalue weighted by molar-refractivity contribution is 0.715. The molecule has 18 heavy (non-hydrogen) atoms. The summed E-state index contributed by atoms with van der Waals surface area (Å²) >= 11 is 13.9. The number of benzene rings is 1. The summed E-state index contributed by atoms with van der Waals surface area (Å²) in [6.07, 6.45) is 1.47. The van der Waals surface area contributed by atoms with Gasteiger partial charge in [-0.1, -0.05) is 29.3 Å². The van der Waals surface area contributed by atoms with E-state index in [4.69, 9.17) is 23.2 Å². The Morgan fingerprint density at radius 2 is 1.83 bits per heavy atom. The summed E-state index contributed by atoms with van der Waals surface area (Å²) in [6.45, 7) is 0.212. The molecule has 1 aromatic heterocycles. The van der Waals surface area contributed by atoms with Crippen LogP contribution in [0, 0.1) is 3.57 Å². The van der Waals surface area contributed by atoms with E-state index in [0.717, 1.165) is 0 Å². The number of halogens is 3. The molecule has 1 N–H and O–H groups in total. The van der Waals surface area contributed by atoms with Crippen molar-refractivity contribution in [3.8, 4) is 0 Å². The average molecular weight is 397 g/mol. The number of aromatic amines is 1. The molecule has 0 saturated heterocycles. The van der Waals surface area contributed by atoms with Crippen molar-refractivity contribution < 1.29 is 0 Å². The van der Waals surface area contributed by atoms with Gasteiger partial charge in [0, 0.05) is 21.8 Å². The molecule has 94 valence electrons. The van der Waals surface area contributed by atoms with Gasteiger partial charge in [0.1, 0.15) is 0 Å². The Balaban J connectivity index is 2.50. The fraction of sp³-hybridized carbons (Fsp3) is 0.0909. The molecule has 1 heterocycles. The maximum atomic E-state index is 11.6. The number of nitrogens with zero attached hydrogens (tertiary/aromatic N) is 1. The minimum absolute atomic E-state index is 0.212. The van der Waals surface area contributed by atoms with Gasteiger partial charge < -0.3 is 0 Å². The second kappa shape index (κ2) is 5.46. The van der Waals surface area contributed by atoms with Gasteiger partial charge in [-0.15, -0.1) is 0 Å². The third-order valence-corrected chi connectivity index (χ3v) is 3.83. The van der Waals surface area contributed by atoms with Crippen molar-refractivity contribution in [2.75, 3.05) is 0 Å². The van der Waals surface area contributed by atoms with E-state index in [1.807, 2.05) is 22.6 Å². The highest BCUT2D eigenvalue weighted by atomic mass is 127. The molecule has 0 amide bonds. The molecule has 0 fully saturated rings. The highest BCUT2D eigenvalue weighted by Crippen LogP contribution is 2.24. The fourth-order valence-electron chi connectivity index (χ4n) is 1.45. The van der Waals surface area contributed by atoms with Gasteiger partial charge in [0.05, 0.1) is 10.1 Å². The Labute approximate surface area is 126 Å². The lowest BCUT2D eigenvalue weighted by Gasteiger charge is -2.09. The van der Waals surface area contributed by atoms with Crippen molar-refractivity contribution in [2.24, 2.45) is 0 Å². The molecule has 0 unspecified atom stereocenters. The third kappa shape index (κ3) is 2.78. The zero-order valence-electron chi connectivity index (χ0n) is 8.91. The Kier molecular flexibility index (Phi) is 4.14. The molecule has 2 rings (SSSR count). The van der Waals surface area contributed by atoms with Gasteiger partial charge in [0.2, 0.25) is 0 Å². The highest BCUT2D eigenvalue weighted by Gasteiger charge is 2.08. The number of nitrogens with one attached hydrogen (secondary N) is 1. The van der Waals surface area contributed by atoms with Crippen molar-refractivity contribution in [1.29, 1.82) is 0 Å². The van der Waals surface area contributed by atoms with E-state index in [1.165, 1.54) is 10.8 Å². The maximum Gasteiger partial charge on any atom is 0.328 e. The van der Waals surface area contributed by atoms with E-state index in [-0.39, 0.29) is 6.54 Å². The van der Waals surface area contributed by atoms with Crippen LogP contribution in [0.5, 0.6) is 0 Å². The van der Waals surface area contributed by atoms with Gasteiger partial charge >= 0.3 is 5.69 Å². The van der Waals surface area contributed by atoms with Crippen LogP contribution in [-0.2, 0) is 6.54 Å². The minimum Gasteiger partial charge on any atom is -0.295 e. The van der Waals surface area contributed by atoms with Gasteiger partial charge in [-0.3, -0.25) is 14.3 Å². The van der Waals surface area contributed by atoms with Crippen molar-refractivity contribution in [3.63, 3.8) is 0 Å². The zero-order valence-corrected chi connectivity index (χ0v) is 12.6. The van der Waals surface area contributed by atoms with Crippen LogP contribution in [0.2, 0.25) is 10.0 Å². The summed E-state index contributed by atoms with van der Waals surface area (Å²) in [4.78, 5) is 25.1. The zero-order chi connectivity index (χ0) is 13.3. The van der Waals surface area contributed by atoms with Gasteiger partial charge in [0.25, 0.3) is 5.56 Å². The van der Waals surface area contributed by atoms with Crippen LogP contribution in [0.25, 0.3) is 0 Å². The summed E-state index contributed by atoms with van der Waals surface area (Å²) in [5, 5.41) is 0.964. The van der Waals surface area contributed by atoms with E-state index in [0.29, 0.717) is 19.2 Å². The van der Waals surface area contributed by atoms with Crippen LogP contribution >= 0.6 is 45.8 Å². The fourth-order valence-corrected chi connectivity index (χ4v) is 2.44. The smallest absolute Gasteiger partial charge is 0.295 e. The largest absolute Gasteiger partial charge is 0.328 e. The van der Waals surface area contributed by atoms with Crippen molar-refractivity contribution >= 4 is 45.8 Å². The van der Waals surface area contributed by atoms with Crippen LogP contribution in [0.4, 0.5) is 0 Å². The monoisotopic (exact) mass is 396 g/mol. The summed E-state index contributed by atoms with van der Waals surface area (Å²) < 4.78 is 1.78. The van der Waals surface area contributed by atoms with Crippen molar-refractivity contribution in [3.05, 3.63) is 64.4 Å². The first kappa shape index (κ1) is 13.6. The Morgan fingerprint density at radius 3 is 2.44 bits per heavy atom. The Morgan fingerprint density at radius 1 is 1.22 bits per heavy atom. The molecular formula is C11H7Cl2IN2O2. The molecule has 0 aliphatic heterocycles. The first-order valence-corrected chi connectivity index (χ1v) is 6.74. The average Bonchev–Trinajstić information content (AvgIpc) is 2.30. The lowest BCUT2D eigenvalue weighted by Crippen LogP contribution is -2.31. The van der Waals surface area contributed by atoms with Crippen LogP contribution < -0.4 is 11.2 Å². The molecule has 2 aromatic rings. The molecule has 7 heteroatoms. The standard InChI is InChI=1S/C11H7Cl2IN2O2/c12-7-2-1-3-8(13)6(7)4-16-5-9(14)10(17)15-11(16)18/h1-3,5H,4H2,(H,15,17,18). The first-order chi connectivity index (χ1) is 8.49. The van der Waals surface area contributed by atoms with E-state index in [9.17, 15) is 9.59 Å². The Hall–Kier alpha value is -0.790. The van der Waals surface area contributed by atoms with Crippen molar-refractivity contribution in [1.82, 2.24) is 9.55 Å². The van der Waals surface area contributed by atoms with E-state index in [1.54, 1.807) is 18.2 Å².